The first-order valence-electron chi connectivity index (χ1n) is 13.2. The lowest BCUT2D eigenvalue weighted by Crippen LogP contribution is -1.92. The van der Waals surface area contributed by atoms with Crippen LogP contribution in [-0.4, -0.2) is 0 Å². The molecule has 6 aromatic carbocycles. The molecular formula is C37H21NO2. The molecule has 0 aliphatic carbocycles. The maximum absolute atomic E-state index is 9.72. The Kier molecular flexibility index (Phi) is 4.89. The molecule has 0 aliphatic heterocycles. The second-order valence-electron chi connectivity index (χ2n) is 10.0. The molecule has 0 N–H and O–H groups in total. The summed E-state index contributed by atoms with van der Waals surface area (Å²) in [5.74, 6) is 0. The first-order chi connectivity index (χ1) is 19.8. The van der Waals surface area contributed by atoms with Crippen molar-refractivity contribution >= 4 is 43.9 Å². The molecule has 0 bridgehead atoms. The summed E-state index contributed by atoms with van der Waals surface area (Å²) >= 11 is 0. The lowest BCUT2D eigenvalue weighted by Gasteiger charge is -2.17. The van der Waals surface area contributed by atoms with Crippen molar-refractivity contribution in [3.05, 3.63) is 133 Å². The van der Waals surface area contributed by atoms with E-state index in [-0.39, 0.29) is 0 Å². The maximum Gasteiger partial charge on any atom is 0.143 e. The van der Waals surface area contributed by atoms with Gasteiger partial charge >= 0.3 is 0 Å². The van der Waals surface area contributed by atoms with Crippen LogP contribution in [0.2, 0.25) is 0 Å². The summed E-state index contributed by atoms with van der Waals surface area (Å²) in [5.41, 5.74) is 10.3. The minimum absolute atomic E-state index is 0.622. The Morgan fingerprint density at radius 3 is 1.95 bits per heavy atom. The Morgan fingerprint density at radius 2 is 1.10 bits per heavy atom. The van der Waals surface area contributed by atoms with Crippen molar-refractivity contribution in [3.8, 4) is 39.4 Å². The Labute approximate surface area is 230 Å². The number of benzene rings is 6. The van der Waals surface area contributed by atoms with Gasteiger partial charge in [0.05, 0.1) is 11.6 Å². The zero-order valence-corrected chi connectivity index (χ0v) is 21.4. The summed E-state index contributed by atoms with van der Waals surface area (Å²) < 4.78 is 12.6. The van der Waals surface area contributed by atoms with Gasteiger partial charge in [0.15, 0.2) is 0 Å². The largest absolute Gasteiger partial charge is 0.456 e. The third-order valence-electron chi connectivity index (χ3n) is 7.73. The van der Waals surface area contributed by atoms with Crippen LogP contribution in [0.3, 0.4) is 0 Å². The zero-order valence-electron chi connectivity index (χ0n) is 21.4. The van der Waals surface area contributed by atoms with Crippen molar-refractivity contribution in [1.29, 1.82) is 5.26 Å². The second kappa shape index (κ2) is 8.73. The third kappa shape index (κ3) is 3.37. The molecule has 0 aliphatic rings. The SMILES string of the molecule is N#Cc1cccc(-c2c(-c3ccc4oc5ccccc5c4c3)cccc2-c2cccc3c2oc2ccccc23)c1. The van der Waals surface area contributed by atoms with E-state index in [1.165, 1.54) is 0 Å². The zero-order chi connectivity index (χ0) is 26.6. The van der Waals surface area contributed by atoms with Gasteiger partial charge in [0.25, 0.3) is 0 Å². The smallest absolute Gasteiger partial charge is 0.143 e. The monoisotopic (exact) mass is 511 g/mol. The van der Waals surface area contributed by atoms with Crippen LogP contribution in [-0.2, 0) is 0 Å². The molecule has 0 saturated carbocycles. The van der Waals surface area contributed by atoms with E-state index in [9.17, 15) is 5.26 Å². The number of hydrogen-bond donors (Lipinski definition) is 0. The van der Waals surface area contributed by atoms with Crippen molar-refractivity contribution in [1.82, 2.24) is 0 Å². The average molecular weight is 512 g/mol. The van der Waals surface area contributed by atoms with Crippen molar-refractivity contribution in [2.24, 2.45) is 0 Å². The number of furan rings is 2. The number of rotatable bonds is 3. The highest BCUT2D eigenvalue weighted by Crippen LogP contribution is 2.44. The normalized spacial score (nSPS) is 11.5. The van der Waals surface area contributed by atoms with Gasteiger partial charge in [-0.25, -0.2) is 0 Å². The molecule has 0 radical (unpaired) electrons. The van der Waals surface area contributed by atoms with E-state index in [1.54, 1.807) is 0 Å². The topological polar surface area (TPSA) is 50.1 Å². The molecule has 0 saturated heterocycles. The fraction of sp³-hybridized carbons (Fsp3) is 0. The molecule has 0 amide bonds. The van der Waals surface area contributed by atoms with E-state index in [0.717, 1.165) is 77.3 Å². The number of para-hydroxylation sites is 3. The molecule has 3 nitrogen and oxygen atoms in total. The van der Waals surface area contributed by atoms with Crippen LogP contribution in [0.5, 0.6) is 0 Å². The van der Waals surface area contributed by atoms with Crippen LogP contribution in [0.25, 0.3) is 77.3 Å². The molecule has 2 heterocycles. The van der Waals surface area contributed by atoms with Gasteiger partial charge in [-0.2, -0.15) is 5.26 Å². The van der Waals surface area contributed by atoms with E-state index in [4.69, 9.17) is 8.83 Å². The van der Waals surface area contributed by atoms with E-state index >= 15 is 0 Å². The highest BCUT2D eigenvalue weighted by molar-refractivity contribution is 6.12. The molecule has 186 valence electrons. The molecule has 3 heteroatoms. The molecule has 0 fully saturated rings. The Bertz CT molecular complexity index is 2290. The van der Waals surface area contributed by atoms with Crippen molar-refractivity contribution in [3.63, 3.8) is 0 Å². The fourth-order valence-corrected chi connectivity index (χ4v) is 5.93. The van der Waals surface area contributed by atoms with Crippen LogP contribution in [0.15, 0.2) is 136 Å². The molecule has 2 aromatic heterocycles. The van der Waals surface area contributed by atoms with E-state index < -0.39 is 0 Å². The maximum atomic E-state index is 9.72. The highest BCUT2D eigenvalue weighted by Gasteiger charge is 2.19. The minimum Gasteiger partial charge on any atom is -0.456 e. The first kappa shape index (κ1) is 22.4. The van der Waals surface area contributed by atoms with Gasteiger partial charge in [-0.05, 0) is 64.2 Å². The van der Waals surface area contributed by atoms with Crippen molar-refractivity contribution < 1.29 is 8.83 Å². The van der Waals surface area contributed by atoms with Gasteiger partial charge in [-0.3, -0.25) is 0 Å². The van der Waals surface area contributed by atoms with Crippen molar-refractivity contribution in [2.75, 3.05) is 0 Å². The Balaban J connectivity index is 1.45. The van der Waals surface area contributed by atoms with Gasteiger partial charge in [-0.1, -0.05) is 91.0 Å². The predicted octanol–water partition coefficient (Wildman–Crippen LogP) is 10.4. The quantitative estimate of drug-likeness (QED) is 0.237. The molecule has 8 rings (SSSR count). The third-order valence-corrected chi connectivity index (χ3v) is 7.73. The van der Waals surface area contributed by atoms with E-state index in [0.29, 0.717) is 5.56 Å². The summed E-state index contributed by atoms with van der Waals surface area (Å²) in [6.45, 7) is 0. The van der Waals surface area contributed by atoms with Gasteiger partial charge in [0.1, 0.15) is 22.3 Å². The summed E-state index contributed by atoms with van der Waals surface area (Å²) in [4.78, 5) is 0. The summed E-state index contributed by atoms with van der Waals surface area (Å²) in [5, 5.41) is 14.1. The van der Waals surface area contributed by atoms with Gasteiger partial charge < -0.3 is 8.83 Å². The van der Waals surface area contributed by atoms with Crippen LogP contribution < -0.4 is 0 Å². The predicted molar refractivity (Wildman–Crippen MR) is 162 cm³/mol. The molecule has 40 heavy (non-hydrogen) atoms. The van der Waals surface area contributed by atoms with E-state index in [1.807, 2.05) is 60.7 Å². The molecule has 8 aromatic rings. The van der Waals surface area contributed by atoms with Gasteiger partial charge in [0.2, 0.25) is 0 Å². The lowest BCUT2D eigenvalue weighted by atomic mass is 9.86. The Morgan fingerprint density at radius 1 is 0.450 bits per heavy atom. The van der Waals surface area contributed by atoms with Gasteiger partial charge in [0, 0.05) is 27.1 Å². The molecular weight excluding hydrogens is 490 g/mol. The lowest BCUT2D eigenvalue weighted by molar-refractivity contribution is 0.669. The summed E-state index contributed by atoms with van der Waals surface area (Å²) in [6.07, 6.45) is 0. The number of nitriles is 1. The minimum atomic E-state index is 0.622. The summed E-state index contributed by atoms with van der Waals surface area (Å²) in [6, 6.07) is 45.5. The second-order valence-corrected chi connectivity index (χ2v) is 10.0. The summed E-state index contributed by atoms with van der Waals surface area (Å²) in [7, 11) is 0. The van der Waals surface area contributed by atoms with Crippen LogP contribution >= 0.6 is 0 Å². The number of hydrogen-bond acceptors (Lipinski definition) is 3. The molecule has 0 atom stereocenters. The van der Waals surface area contributed by atoms with Crippen molar-refractivity contribution in [2.45, 2.75) is 0 Å². The van der Waals surface area contributed by atoms with Gasteiger partial charge in [-0.15, -0.1) is 0 Å². The number of fused-ring (bicyclic) bond motifs is 6. The van der Waals surface area contributed by atoms with Crippen LogP contribution in [0.1, 0.15) is 5.56 Å². The van der Waals surface area contributed by atoms with Crippen LogP contribution in [0, 0.1) is 11.3 Å². The standard InChI is InChI=1S/C37H21NO2/c38-22-23-8-5-9-25(20-23)36-26(24-18-19-35-32(21-24)28-11-2-3-16-33(28)39-35)12-6-13-29(36)31-15-7-14-30-27-10-1-4-17-34(27)40-37(30)31/h1-21H. The van der Waals surface area contributed by atoms with E-state index in [2.05, 4.69) is 72.8 Å². The fourth-order valence-electron chi connectivity index (χ4n) is 5.93. The number of nitrogens with zero attached hydrogens (tertiary/aromatic N) is 1. The Hall–Kier alpha value is -5.59. The molecule has 0 spiro atoms. The molecule has 0 unspecified atom stereocenters. The highest BCUT2D eigenvalue weighted by atomic mass is 16.3. The first-order valence-corrected chi connectivity index (χ1v) is 13.2. The average Bonchev–Trinajstić information content (AvgIpc) is 3.59. The van der Waals surface area contributed by atoms with Crippen LogP contribution in [0.4, 0.5) is 0 Å².